The van der Waals surface area contributed by atoms with Crippen LogP contribution >= 0.6 is 0 Å². The van der Waals surface area contributed by atoms with E-state index in [0.717, 1.165) is 22.6 Å². The molecule has 3 heteroatoms. The Bertz CT molecular complexity index is 390. The molecule has 2 aromatic heterocycles. The first kappa shape index (κ1) is 9.71. The normalized spacial score (nSPS) is 9.54. The Kier molecular flexibility index (Phi) is 3.01. The standard InChI is InChI=1S/C8H9N3.C2H6/c1-5-8-7(3-4-9-5)10-6(2)11-8;1-2/h3-4H,1-2H3,(H,10,11);1-2H3. The quantitative estimate of drug-likeness (QED) is 0.672. The van der Waals surface area contributed by atoms with Crippen molar-refractivity contribution >= 4 is 11.0 Å². The first-order valence-corrected chi connectivity index (χ1v) is 4.55. The fourth-order valence-corrected chi connectivity index (χ4v) is 1.19. The highest BCUT2D eigenvalue weighted by Gasteiger charge is 2.00. The Balaban J connectivity index is 0.000000396. The SMILES string of the molecule is CC.Cc1nc2c(C)nccc2[nH]1. The van der Waals surface area contributed by atoms with E-state index < -0.39 is 0 Å². The maximum Gasteiger partial charge on any atom is 0.110 e. The third kappa shape index (κ3) is 1.86. The van der Waals surface area contributed by atoms with Gasteiger partial charge in [0.15, 0.2) is 0 Å². The highest BCUT2D eigenvalue weighted by atomic mass is 14.9. The maximum atomic E-state index is 4.29. The first-order chi connectivity index (χ1) is 6.27. The number of hydrogen-bond acceptors (Lipinski definition) is 2. The van der Waals surface area contributed by atoms with E-state index in [4.69, 9.17) is 0 Å². The average molecular weight is 177 g/mol. The third-order valence-electron chi connectivity index (χ3n) is 1.70. The molecule has 0 aliphatic carbocycles. The summed E-state index contributed by atoms with van der Waals surface area (Å²) in [6.45, 7) is 7.90. The highest BCUT2D eigenvalue weighted by Crippen LogP contribution is 2.11. The minimum atomic E-state index is 0.941. The first-order valence-electron chi connectivity index (χ1n) is 4.55. The van der Waals surface area contributed by atoms with Gasteiger partial charge in [0, 0.05) is 6.20 Å². The molecule has 0 amide bonds. The summed E-state index contributed by atoms with van der Waals surface area (Å²) in [6, 6.07) is 1.93. The molecule has 0 aliphatic heterocycles. The van der Waals surface area contributed by atoms with Crippen molar-refractivity contribution in [1.29, 1.82) is 0 Å². The van der Waals surface area contributed by atoms with E-state index in [-0.39, 0.29) is 0 Å². The molecule has 2 rings (SSSR count). The number of imidazole rings is 1. The van der Waals surface area contributed by atoms with Crippen LogP contribution in [0.1, 0.15) is 25.4 Å². The van der Waals surface area contributed by atoms with Gasteiger partial charge in [-0.25, -0.2) is 4.98 Å². The van der Waals surface area contributed by atoms with Crippen molar-refractivity contribution in [2.45, 2.75) is 27.7 Å². The molecular weight excluding hydrogens is 162 g/mol. The molecule has 0 saturated heterocycles. The van der Waals surface area contributed by atoms with Crippen molar-refractivity contribution < 1.29 is 0 Å². The second kappa shape index (κ2) is 4.03. The van der Waals surface area contributed by atoms with Gasteiger partial charge >= 0.3 is 0 Å². The number of aromatic nitrogens is 3. The van der Waals surface area contributed by atoms with Crippen LogP contribution in [0.5, 0.6) is 0 Å². The van der Waals surface area contributed by atoms with Gasteiger partial charge in [-0.15, -0.1) is 0 Å². The van der Waals surface area contributed by atoms with E-state index in [1.165, 1.54) is 0 Å². The summed E-state index contributed by atoms with van der Waals surface area (Å²) >= 11 is 0. The molecule has 0 fully saturated rings. The van der Waals surface area contributed by atoms with Crippen molar-refractivity contribution in [3.05, 3.63) is 23.8 Å². The fraction of sp³-hybridized carbons (Fsp3) is 0.400. The van der Waals surface area contributed by atoms with E-state index in [2.05, 4.69) is 15.0 Å². The minimum Gasteiger partial charge on any atom is -0.342 e. The monoisotopic (exact) mass is 177 g/mol. The number of nitrogens with zero attached hydrogens (tertiary/aromatic N) is 2. The van der Waals surface area contributed by atoms with E-state index >= 15 is 0 Å². The highest BCUT2D eigenvalue weighted by molar-refractivity contribution is 5.76. The van der Waals surface area contributed by atoms with Crippen molar-refractivity contribution in [1.82, 2.24) is 15.0 Å². The van der Waals surface area contributed by atoms with Gasteiger partial charge in [0.05, 0.1) is 11.2 Å². The zero-order chi connectivity index (χ0) is 9.84. The molecule has 0 aliphatic rings. The lowest BCUT2D eigenvalue weighted by atomic mass is 10.3. The molecule has 3 nitrogen and oxygen atoms in total. The zero-order valence-electron chi connectivity index (χ0n) is 8.55. The van der Waals surface area contributed by atoms with Crippen LogP contribution in [0.25, 0.3) is 11.0 Å². The van der Waals surface area contributed by atoms with Crippen molar-refractivity contribution in [2.24, 2.45) is 0 Å². The Morgan fingerprint density at radius 2 is 1.92 bits per heavy atom. The number of fused-ring (bicyclic) bond motifs is 1. The van der Waals surface area contributed by atoms with Gasteiger partial charge in [-0.3, -0.25) is 4.98 Å². The number of H-pyrrole nitrogens is 1. The number of hydrogen-bond donors (Lipinski definition) is 1. The predicted molar refractivity (Wildman–Crippen MR) is 54.7 cm³/mol. The fourth-order valence-electron chi connectivity index (χ4n) is 1.19. The lowest BCUT2D eigenvalue weighted by Gasteiger charge is -1.89. The van der Waals surface area contributed by atoms with Gasteiger partial charge in [-0.2, -0.15) is 0 Å². The Morgan fingerprint density at radius 3 is 2.54 bits per heavy atom. The second-order valence-corrected chi connectivity index (χ2v) is 2.61. The van der Waals surface area contributed by atoms with Gasteiger partial charge in [-0.05, 0) is 19.9 Å². The molecule has 0 spiro atoms. The number of pyridine rings is 1. The summed E-state index contributed by atoms with van der Waals surface area (Å²) in [7, 11) is 0. The summed E-state index contributed by atoms with van der Waals surface area (Å²) in [6.07, 6.45) is 1.79. The summed E-state index contributed by atoms with van der Waals surface area (Å²) < 4.78 is 0. The van der Waals surface area contributed by atoms with E-state index in [9.17, 15) is 0 Å². The van der Waals surface area contributed by atoms with Crippen LogP contribution in [0, 0.1) is 13.8 Å². The van der Waals surface area contributed by atoms with Crippen LogP contribution < -0.4 is 0 Å². The topological polar surface area (TPSA) is 41.6 Å². The zero-order valence-corrected chi connectivity index (χ0v) is 8.55. The van der Waals surface area contributed by atoms with Crippen LogP contribution in [0.2, 0.25) is 0 Å². The van der Waals surface area contributed by atoms with E-state index in [0.29, 0.717) is 0 Å². The van der Waals surface area contributed by atoms with E-state index in [1.54, 1.807) is 6.20 Å². The van der Waals surface area contributed by atoms with Gasteiger partial charge in [0.2, 0.25) is 0 Å². The molecule has 2 heterocycles. The molecule has 0 radical (unpaired) electrons. The smallest absolute Gasteiger partial charge is 0.110 e. The molecular formula is C10H15N3. The molecule has 0 saturated carbocycles. The minimum absolute atomic E-state index is 0.941. The summed E-state index contributed by atoms with van der Waals surface area (Å²) in [5.74, 6) is 0.941. The lowest BCUT2D eigenvalue weighted by Crippen LogP contribution is -1.80. The number of aromatic amines is 1. The Morgan fingerprint density at radius 1 is 1.23 bits per heavy atom. The molecule has 70 valence electrons. The largest absolute Gasteiger partial charge is 0.342 e. The molecule has 2 aromatic rings. The third-order valence-corrected chi connectivity index (χ3v) is 1.70. The number of nitrogens with one attached hydrogen (secondary N) is 1. The lowest BCUT2D eigenvalue weighted by molar-refractivity contribution is 1.16. The molecule has 0 aromatic carbocycles. The average Bonchev–Trinajstić information content (AvgIpc) is 2.51. The Hall–Kier alpha value is -1.38. The molecule has 13 heavy (non-hydrogen) atoms. The molecule has 0 unspecified atom stereocenters. The van der Waals surface area contributed by atoms with Gasteiger partial charge in [0.25, 0.3) is 0 Å². The number of rotatable bonds is 0. The molecule has 1 N–H and O–H groups in total. The van der Waals surface area contributed by atoms with Crippen LogP contribution in [0.4, 0.5) is 0 Å². The second-order valence-electron chi connectivity index (χ2n) is 2.61. The van der Waals surface area contributed by atoms with Gasteiger partial charge < -0.3 is 4.98 Å². The number of aryl methyl sites for hydroxylation is 2. The van der Waals surface area contributed by atoms with Crippen LogP contribution in [-0.2, 0) is 0 Å². The maximum absolute atomic E-state index is 4.29. The van der Waals surface area contributed by atoms with Crippen LogP contribution in [0.15, 0.2) is 12.3 Å². The Labute approximate surface area is 78.2 Å². The van der Waals surface area contributed by atoms with Gasteiger partial charge in [0.1, 0.15) is 11.3 Å². The summed E-state index contributed by atoms with van der Waals surface area (Å²) in [5.41, 5.74) is 3.02. The van der Waals surface area contributed by atoms with Crippen molar-refractivity contribution in [3.63, 3.8) is 0 Å². The molecule has 0 bridgehead atoms. The van der Waals surface area contributed by atoms with Crippen LogP contribution in [-0.4, -0.2) is 15.0 Å². The van der Waals surface area contributed by atoms with Crippen LogP contribution in [0.3, 0.4) is 0 Å². The predicted octanol–water partition coefficient (Wildman–Crippen LogP) is 2.60. The van der Waals surface area contributed by atoms with Gasteiger partial charge in [-0.1, -0.05) is 13.8 Å². The summed E-state index contributed by atoms with van der Waals surface area (Å²) in [5, 5.41) is 0. The van der Waals surface area contributed by atoms with Crippen molar-refractivity contribution in [3.8, 4) is 0 Å². The van der Waals surface area contributed by atoms with Crippen molar-refractivity contribution in [2.75, 3.05) is 0 Å². The molecule has 0 atom stereocenters. The van der Waals surface area contributed by atoms with E-state index in [1.807, 2.05) is 33.8 Å². The summed E-state index contributed by atoms with van der Waals surface area (Å²) in [4.78, 5) is 11.6.